The molecule has 0 unspecified atom stereocenters. The van der Waals surface area contributed by atoms with Crippen LogP contribution >= 0.6 is 15.9 Å². The predicted molar refractivity (Wildman–Crippen MR) is 94.2 cm³/mol. The Bertz CT molecular complexity index is 643. The molecule has 0 spiro atoms. The molecule has 0 aromatic heterocycles. The SMILES string of the molecule is CN=C(NCc1cccc(Br)c1)NCc1cccc(OC)c1. The van der Waals surface area contributed by atoms with Crippen LogP contribution in [0.1, 0.15) is 11.1 Å². The molecule has 0 bridgehead atoms. The van der Waals surface area contributed by atoms with Crippen molar-refractivity contribution in [2.45, 2.75) is 13.1 Å². The Morgan fingerprint density at radius 3 is 2.27 bits per heavy atom. The molecule has 2 aromatic rings. The first-order chi connectivity index (χ1) is 10.7. The quantitative estimate of drug-likeness (QED) is 0.634. The van der Waals surface area contributed by atoms with Crippen molar-refractivity contribution in [3.63, 3.8) is 0 Å². The number of guanidine groups is 1. The topological polar surface area (TPSA) is 45.7 Å². The van der Waals surface area contributed by atoms with Crippen molar-refractivity contribution in [1.82, 2.24) is 10.6 Å². The van der Waals surface area contributed by atoms with E-state index in [-0.39, 0.29) is 0 Å². The van der Waals surface area contributed by atoms with Gasteiger partial charge < -0.3 is 15.4 Å². The molecule has 4 nitrogen and oxygen atoms in total. The second-order valence-corrected chi connectivity index (χ2v) is 5.68. The molecule has 0 amide bonds. The van der Waals surface area contributed by atoms with Crippen molar-refractivity contribution < 1.29 is 4.74 Å². The Morgan fingerprint density at radius 1 is 1.05 bits per heavy atom. The van der Waals surface area contributed by atoms with Crippen molar-refractivity contribution in [2.24, 2.45) is 4.99 Å². The minimum absolute atomic E-state index is 0.690. The second kappa shape index (κ2) is 8.44. The zero-order chi connectivity index (χ0) is 15.8. The number of hydrogen-bond acceptors (Lipinski definition) is 2. The third kappa shape index (κ3) is 5.07. The molecule has 22 heavy (non-hydrogen) atoms. The standard InChI is InChI=1S/C17H20BrN3O/c1-19-17(20-11-13-5-3-7-15(18)9-13)21-12-14-6-4-8-16(10-14)22-2/h3-10H,11-12H2,1-2H3,(H2,19,20,21). The Labute approximate surface area is 139 Å². The van der Waals surface area contributed by atoms with Crippen LogP contribution in [0, 0.1) is 0 Å². The molecular formula is C17H20BrN3O. The van der Waals surface area contributed by atoms with Crippen molar-refractivity contribution >= 4 is 21.9 Å². The first kappa shape index (κ1) is 16.4. The second-order valence-electron chi connectivity index (χ2n) is 4.76. The maximum Gasteiger partial charge on any atom is 0.191 e. The summed E-state index contributed by atoms with van der Waals surface area (Å²) in [7, 11) is 3.44. The van der Waals surface area contributed by atoms with Gasteiger partial charge in [-0.05, 0) is 35.4 Å². The van der Waals surface area contributed by atoms with Crippen molar-refractivity contribution in [3.05, 3.63) is 64.1 Å². The van der Waals surface area contributed by atoms with Crippen LogP contribution in [0.2, 0.25) is 0 Å². The minimum Gasteiger partial charge on any atom is -0.497 e. The zero-order valence-electron chi connectivity index (χ0n) is 12.8. The number of aliphatic imine (C=N–C) groups is 1. The third-order valence-electron chi connectivity index (χ3n) is 3.17. The van der Waals surface area contributed by atoms with E-state index in [2.05, 4.69) is 49.8 Å². The third-order valence-corrected chi connectivity index (χ3v) is 3.66. The molecule has 5 heteroatoms. The lowest BCUT2D eigenvalue weighted by Gasteiger charge is -2.12. The summed E-state index contributed by atoms with van der Waals surface area (Å²) in [5, 5.41) is 6.59. The predicted octanol–water partition coefficient (Wildman–Crippen LogP) is 3.32. The number of halogens is 1. The highest BCUT2D eigenvalue weighted by atomic mass is 79.9. The normalized spacial score (nSPS) is 11.1. The van der Waals surface area contributed by atoms with Crippen molar-refractivity contribution in [1.29, 1.82) is 0 Å². The van der Waals surface area contributed by atoms with E-state index >= 15 is 0 Å². The average Bonchev–Trinajstić information content (AvgIpc) is 2.55. The van der Waals surface area contributed by atoms with E-state index in [1.807, 2.05) is 30.3 Å². The summed E-state index contributed by atoms with van der Waals surface area (Å²) in [6, 6.07) is 16.2. The molecule has 2 aromatic carbocycles. The van der Waals surface area contributed by atoms with Gasteiger partial charge >= 0.3 is 0 Å². The van der Waals surface area contributed by atoms with Gasteiger partial charge in [0.2, 0.25) is 0 Å². The van der Waals surface area contributed by atoms with Crippen LogP contribution in [0.3, 0.4) is 0 Å². The maximum atomic E-state index is 5.23. The number of benzene rings is 2. The first-order valence-electron chi connectivity index (χ1n) is 7.03. The van der Waals surface area contributed by atoms with Crippen molar-refractivity contribution in [3.8, 4) is 5.75 Å². The Kier molecular flexibility index (Phi) is 6.27. The summed E-state index contributed by atoms with van der Waals surface area (Å²) in [4.78, 5) is 4.23. The van der Waals surface area contributed by atoms with Gasteiger partial charge in [-0.15, -0.1) is 0 Å². The van der Waals surface area contributed by atoms with E-state index in [4.69, 9.17) is 4.74 Å². The Hall–Kier alpha value is -2.01. The van der Waals surface area contributed by atoms with E-state index in [9.17, 15) is 0 Å². The van der Waals surface area contributed by atoms with Gasteiger partial charge in [0.15, 0.2) is 5.96 Å². The van der Waals surface area contributed by atoms with E-state index in [1.54, 1.807) is 14.2 Å². The Balaban J connectivity index is 1.87. The van der Waals surface area contributed by atoms with E-state index < -0.39 is 0 Å². The first-order valence-corrected chi connectivity index (χ1v) is 7.82. The summed E-state index contributed by atoms with van der Waals surface area (Å²) >= 11 is 3.48. The van der Waals surface area contributed by atoms with Gasteiger partial charge in [-0.1, -0.05) is 40.2 Å². The monoisotopic (exact) mass is 361 g/mol. The lowest BCUT2D eigenvalue weighted by Crippen LogP contribution is -2.36. The zero-order valence-corrected chi connectivity index (χ0v) is 14.4. The van der Waals surface area contributed by atoms with Crippen LogP contribution in [-0.2, 0) is 13.1 Å². The fraction of sp³-hybridized carbons (Fsp3) is 0.235. The molecule has 0 atom stereocenters. The highest BCUT2D eigenvalue weighted by molar-refractivity contribution is 9.10. The van der Waals surface area contributed by atoms with Gasteiger partial charge in [-0.2, -0.15) is 0 Å². The van der Waals surface area contributed by atoms with Crippen LogP contribution in [0.15, 0.2) is 58.0 Å². The van der Waals surface area contributed by atoms with E-state index in [0.29, 0.717) is 6.54 Å². The number of nitrogens with zero attached hydrogens (tertiary/aromatic N) is 1. The highest BCUT2D eigenvalue weighted by Gasteiger charge is 2.00. The number of nitrogens with one attached hydrogen (secondary N) is 2. The maximum absolute atomic E-state index is 5.23. The molecule has 0 saturated heterocycles. The van der Waals surface area contributed by atoms with Gasteiger partial charge in [-0.25, -0.2) is 0 Å². The van der Waals surface area contributed by atoms with Crippen LogP contribution < -0.4 is 15.4 Å². The smallest absolute Gasteiger partial charge is 0.191 e. The summed E-state index contributed by atoms with van der Waals surface area (Å²) in [5.74, 6) is 1.62. The number of methoxy groups -OCH3 is 1. The van der Waals surface area contributed by atoms with Crippen LogP contribution in [-0.4, -0.2) is 20.1 Å². The van der Waals surface area contributed by atoms with Gasteiger partial charge in [0.05, 0.1) is 7.11 Å². The van der Waals surface area contributed by atoms with Gasteiger partial charge in [-0.3, -0.25) is 4.99 Å². The fourth-order valence-corrected chi connectivity index (χ4v) is 2.47. The molecule has 0 heterocycles. The molecule has 0 aliphatic carbocycles. The van der Waals surface area contributed by atoms with Crippen LogP contribution in [0.5, 0.6) is 5.75 Å². The summed E-state index contributed by atoms with van der Waals surface area (Å²) in [6.45, 7) is 1.41. The summed E-state index contributed by atoms with van der Waals surface area (Å²) in [6.07, 6.45) is 0. The molecule has 0 saturated carbocycles. The molecular weight excluding hydrogens is 342 g/mol. The fourth-order valence-electron chi connectivity index (χ4n) is 2.02. The van der Waals surface area contributed by atoms with Gasteiger partial charge in [0.25, 0.3) is 0 Å². The molecule has 0 radical (unpaired) electrons. The highest BCUT2D eigenvalue weighted by Crippen LogP contribution is 2.12. The summed E-state index contributed by atoms with van der Waals surface area (Å²) < 4.78 is 6.30. The lowest BCUT2D eigenvalue weighted by atomic mass is 10.2. The number of rotatable bonds is 5. The Morgan fingerprint density at radius 2 is 1.68 bits per heavy atom. The molecule has 2 rings (SSSR count). The molecule has 116 valence electrons. The van der Waals surface area contributed by atoms with Crippen LogP contribution in [0.4, 0.5) is 0 Å². The molecule has 0 fully saturated rings. The number of ether oxygens (including phenoxy) is 1. The molecule has 0 aliphatic heterocycles. The summed E-state index contributed by atoms with van der Waals surface area (Å²) in [5.41, 5.74) is 2.34. The van der Waals surface area contributed by atoms with E-state index in [0.717, 1.165) is 28.3 Å². The average molecular weight is 362 g/mol. The van der Waals surface area contributed by atoms with Gasteiger partial charge in [0.1, 0.15) is 5.75 Å². The van der Waals surface area contributed by atoms with Crippen molar-refractivity contribution in [2.75, 3.05) is 14.2 Å². The minimum atomic E-state index is 0.690. The lowest BCUT2D eigenvalue weighted by molar-refractivity contribution is 0.414. The number of hydrogen-bond donors (Lipinski definition) is 2. The molecule has 2 N–H and O–H groups in total. The van der Waals surface area contributed by atoms with E-state index in [1.165, 1.54) is 5.56 Å². The largest absolute Gasteiger partial charge is 0.497 e. The van der Waals surface area contributed by atoms with Crippen LogP contribution in [0.25, 0.3) is 0 Å². The van der Waals surface area contributed by atoms with Gasteiger partial charge in [0, 0.05) is 24.6 Å². The molecule has 0 aliphatic rings.